The smallest absolute Gasteiger partial charge is 0.295 e. The van der Waals surface area contributed by atoms with Gasteiger partial charge in [0.05, 0.1) is 13.4 Å². The summed E-state index contributed by atoms with van der Waals surface area (Å²) in [5.41, 5.74) is -0.209. The molecule has 0 aromatic carbocycles. The Morgan fingerprint density at radius 3 is 2.53 bits per heavy atom. The summed E-state index contributed by atoms with van der Waals surface area (Å²) in [6, 6.07) is 0. The first-order valence-electron chi connectivity index (χ1n) is 6.19. The topological polar surface area (TPSA) is 58.2 Å². The second kappa shape index (κ2) is 5.70. The van der Waals surface area contributed by atoms with Crippen LogP contribution in [0.1, 0.15) is 32.1 Å². The van der Waals surface area contributed by atoms with Crippen molar-refractivity contribution in [1.29, 1.82) is 0 Å². The molecule has 0 unspecified atom stereocenters. The van der Waals surface area contributed by atoms with Crippen LogP contribution in [0.25, 0.3) is 0 Å². The number of rotatable bonds is 2. The van der Waals surface area contributed by atoms with Gasteiger partial charge in [0.25, 0.3) is 5.56 Å². The Morgan fingerprint density at radius 1 is 1.24 bits per heavy atom. The van der Waals surface area contributed by atoms with Crippen LogP contribution in [0, 0.1) is 0 Å². The van der Waals surface area contributed by atoms with Crippen LogP contribution in [0.4, 0.5) is 5.82 Å². The first-order valence-corrected chi connectivity index (χ1v) is 6.19. The summed E-state index contributed by atoms with van der Waals surface area (Å²) >= 11 is 0. The Morgan fingerprint density at radius 2 is 1.88 bits per heavy atom. The van der Waals surface area contributed by atoms with Crippen LogP contribution in [0.3, 0.4) is 0 Å². The molecule has 94 valence electrons. The number of hydrogen-bond acceptors (Lipinski definition) is 4. The van der Waals surface area contributed by atoms with Crippen molar-refractivity contribution >= 4 is 5.82 Å². The molecule has 0 bridgehead atoms. The molecule has 1 aromatic heterocycles. The second-order valence-electron chi connectivity index (χ2n) is 4.34. The molecule has 0 saturated carbocycles. The van der Waals surface area contributed by atoms with E-state index >= 15 is 0 Å². The van der Waals surface area contributed by atoms with Gasteiger partial charge in [0.2, 0.25) is 5.75 Å². The van der Waals surface area contributed by atoms with Gasteiger partial charge in [-0.25, -0.2) is 4.98 Å². The van der Waals surface area contributed by atoms with Crippen molar-refractivity contribution < 1.29 is 4.74 Å². The summed E-state index contributed by atoms with van der Waals surface area (Å²) < 4.78 is 5.15. The van der Waals surface area contributed by atoms with Gasteiger partial charge >= 0.3 is 0 Å². The Labute approximate surface area is 101 Å². The van der Waals surface area contributed by atoms with E-state index in [4.69, 9.17) is 4.74 Å². The maximum atomic E-state index is 11.6. The fourth-order valence-electron chi connectivity index (χ4n) is 2.25. The van der Waals surface area contributed by atoms with Crippen LogP contribution in [0.15, 0.2) is 11.1 Å². The van der Waals surface area contributed by atoms with Crippen molar-refractivity contribution in [3.63, 3.8) is 0 Å². The molecule has 2 rings (SSSR count). The van der Waals surface area contributed by atoms with Gasteiger partial charge < -0.3 is 14.6 Å². The summed E-state index contributed by atoms with van der Waals surface area (Å²) in [5.74, 6) is 1.01. The second-order valence-corrected chi connectivity index (χ2v) is 4.34. The van der Waals surface area contributed by atoms with Gasteiger partial charge in [-0.15, -0.1) is 0 Å². The summed E-state index contributed by atoms with van der Waals surface area (Å²) in [6.07, 6.45) is 7.56. The Balaban J connectivity index is 2.24. The molecule has 0 aliphatic carbocycles. The Hall–Kier alpha value is -1.52. The van der Waals surface area contributed by atoms with Crippen molar-refractivity contribution in [2.75, 3.05) is 25.1 Å². The average molecular weight is 237 g/mol. The van der Waals surface area contributed by atoms with Crippen LogP contribution in [-0.2, 0) is 0 Å². The van der Waals surface area contributed by atoms with Crippen molar-refractivity contribution in [1.82, 2.24) is 9.97 Å². The summed E-state index contributed by atoms with van der Waals surface area (Å²) in [7, 11) is 1.51. The van der Waals surface area contributed by atoms with Gasteiger partial charge in [0, 0.05) is 13.1 Å². The molecule has 0 spiro atoms. The molecule has 0 radical (unpaired) electrons. The van der Waals surface area contributed by atoms with Gasteiger partial charge in [0.15, 0.2) is 5.82 Å². The van der Waals surface area contributed by atoms with E-state index in [1.54, 1.807) is 0 Å². The third-order valence-electron chi connectivity index (χ3n) is 3.15. The van der Waals surface area contributed by atoms with Crippen molar-refractivity contribution in [2.45, 2.75) is 32.1 Å². The van der Waals surface area contributed by atoms with E-state index < -0.39 is 0 Å². The molecule has 1 aliphatic heterocycles. The molecule has 5 nitrogen and oxygen atoms in total. The Bertz CT molecular complexity index is 408. The van der Waals surface area contributed by atoms with E-state index in [1.807, 2.05) is 0 Å². The fraction of sp³-hybridized carbons (Fsp3) is 0.667. The highest BCUT2D eigenvalue weighted by Gasteiger charge is 2.17. The quantitative estimate of drug-likeness (QED) is 0.847. The van der Waals surface area contributed by atoms with Crippen LogP contribution in [0.2, 0.25) is 0 Å². The van der Waals surface area contributed by atoms with Crippen LogP contribution in [-0.4, -0.2) is 30.2 Å². The number of aromatic nitrogens is 2. The van der Waals surface area contributed by atoms with Crippen LogP contribution in [0.5, 0.6) is 5.75 Å². The predicted molar refractivity (Wildman–Crippen MR) is 66.7 cm³/mol. The average Bonchev–Trinajstić information content (AvgIpc) is 2.28. The zero-order valence-electron chi connectivity index (χ0n) is 10.2. The van der Waals surface area contributed by atoms with Gasteiger partial charge in [-0.3, -0.25) is 4.79 Å². The van der Waals surface area contributed by atoms with Crippen LogP contribution >= 0.6 is 0 Å². The van der Waals surface area contributed by atoms with E-state index in [-0.39, 0.29) is 5.56 Å². The Kier molecular flexibility index (Phi) is 4.01. The lowest BCUT2D eigenvalue weighted by atomic mass is 10.1. The minimum absolute atomic E-state index is 0.209. The lowest BCUT2D eigenvalue weighted by molar-refractivity contribution is 0.404. The molecule has 5 heteroatoms. The molecule has 1 fully saturated rings. The van der Waals surface area contributed by atoms with E-state index in [0.717, 1.165) is 25.9 Å². The molecular weight excluding hydrogens is 218 g/mol. The number of ether oxygens (including phenoxy) is 1. The highest BCUT2D eigenvalue weighted by molar-refractivity contribution is 5.50. The molecule has 1 aliphatic rings. The first kappa shape index (κ1) is 12.0. The van der Waals surface area contributed by atoms with Crippen molar-refractivity contribution in [2.24, 2.45) is 0 Å². The minimum atomic E-state index is -0.209. The molecule has 1 aromatic rings. The summed E-state index contributed by atoms with van der Waals surface area (Å²) in [6.45, 7) is 1.90. The number of nitrogens with one attached hydrogen (secondary N) is 1. The molecule has 1 saturated heterocycles. The van der Waals surface area contributed by atoms with Gasteiger partial charge in [-0.05, 0) is 12.8 Å². The van der Waals surface area contributed by atoms with E-state index in [2.05, 4.69) is 14.9 Å². The largest absolute Gasteiger partial charge is 0.489 e. The fourth-order valence-corrected chi connectivity index (χ4v) is 2.25. The molecule has 0 amide bonds. The monoisotopic (exact) mass is 237 g/mol. The summed E-state index contributed by atoms with van der Waals surface area (Å²) in [5, 5.41) is 0. The maximum Gasteiger partial charge on any atom is 0.295 e. The van der Waals surface area contributed by atoms with E-state index in [9.17, 15) is 4.79 Å². The van der Waals surface area contributed by atoms with Crippen LogP contribution < -0.4 is 15.2 Å². The molecule has 2 heterocycles. The third-order valence-corrected chi connectivity index (χ3v) is 3.15. The number of methoxy groups -OCH3 is 1. The lowest BCUT2D eigenvalue weighted by Gasteiger charge is -2.26. The summed E-state index contributed by atoms with van der Waals surface area (Å²) in [4.78, 5) is 20.6. The van der Waals surface area contributed by atoms with E-state index in [0.29, 0.717) is 11.6 Å². The minimum Gasteiger partial charge on any atom is -0.489 e. The van der Waals surface area contributed by atoms with Gasteiger partial charge in [-0.2, -0.15) is 0 Å². The number of anilines is 1. The normalized spacial score (nSPS) is 17.4. The zero-order chi connectivity index (χ0) is 12.1. The highest BCUT2D eigenvalue weighted by Crippen LogP contribution is 2.23. The SMILES string of the molecule is COc1c(N2CCCCCCC2)nc[nH]c1=O. The predicted octanol–water partition coefficient (Wildman–Crippen LogP) is 1.55. The van der Waals surface area contributed by atoms with Gasteiger partial charge in [-0.1, -0.05) is 19.3 Å². The highest BCUT2D eigenvalue weighted by atomic mass is 16.5. The third kappa shape index (κ3) is 2.78. The number of nitrogens with zero attached hydrogens (tertiary/aromatic N) is 2. The molecule has 1 N–H and O–H groups in total. The first-order chi connectivity index (χ1) is 8.33. The lowest BCUT2D eigenvalue weighted by Crippen LogP contribution is -2.30. The molecule has 17 heavy (non-hydrogen) atoms. The van der Waals surface area contributed by atoms with Crippen molar-refractivity contribution in [3.8, 4) is 5.75 Å². The van der Waals surface area contributed by atoms with Gasteiger partial charge in [0.1, 0.15) is 0 Å². The maximum absolute atomic E-state index is 11.6. The number of hydrogen-bond donors (Lipinski definition) is 1. The zero-order valence-corrected chi connectivity index (χ0v) is 10.2. The molecule has 0 atom stereocenters. The number of aromatic amines is 1. The van der Waals surface area contributed by atoms with Crippen molar-refractivity contribution in [3.05, 3.63) is 16.7 Å². The van der Waals surface area contributed by atoms with E-state index in [1.165, 1.54) is 32.7 Å². The number of H-pyrrole nitrogens is 1. The standard InChI is InChI=1S/C12H19N3O2/c1-17-10-11(13-9-14-12(10)16)15-7-5-3-2-4-6-8-15/h9H,2-8H2,1H3,(H,13,14,16). The molecular formula is C12H19N3O2.